The standard InChI is InChI=1S/C13H18N4.2ClH/c1-2-16-7-9-17(10-8-16)13-14-11-5-3-4-6-12(11)15-13;;/h3-6H,2,7-10H2,1H3,(H,14,15);2*1H. The van der Waals surface area contributed by atoms with Crippen molar-refractivity contribution in [2.45, 2.75) is 6.92 Å². The van der Waals surface area contributed by atoms with Crippen molar-refractivity contribution in [1.29, 1.82) is 0 Å². The highest BCUT2D eigenvalue weighted by atomic mass is 35.5. The van der Waals surface area contributed by atoms with Gasteiger partial charge in [-0.15, -0.1) is 24.8 Å². The second kappa shape index (κ2) is 6.98. The normalized spacial score (nSPS) is 15.9. The van der Waals surface area contributed by atoms with Gasteiger partial charge in [0, 0.05) is 26.2 Å². The number of para-hydroxylation sites is 2. The van der Waals surface area contributed by atoms with Crippen LogP contribution in [0.5, 0.6) is 0 Å². The Morgan fingerprint density at radius 2 is 1.79 bits per heavy atom. The third kappa shape index (κ3) is 3.32. The number of benzene rings is 1. The summed E-state index contributed by atoms with van der Waals surface area (Å²) in [7, 11) is 0. The Labute approximate surface area is 126 Å². The van der Waals surface area contributed by atoms with Crippen LogP contribution in [-0.2, 0) is 0 Å². The van der Waals surface area contributed by atoms with Crippen LogP contribution in [0.25, 0.3) is 11.0 Å². The monoisotopic (exact) mass is 302 g/mol. The Kier molecular flexibility index (Phi) is 5.91. The zero-order chi connectivity index (χ0) is 11.7. The molecule has 1 aliphatic rings. The van der Waals surface area contributed by atoms with Gasteiger partial charge < -0.3 is 14.8 Å². The first-order valence-electron chi connectivity index (χ1n) is 6.29. The van der Waals surface area contributed by atoms with Gasteiger partial charge in [-0.1, -0.05) is 19.1 Å². The number of nitrogens with zero attached hydrogens (tertiary/aromatic N) is 3. The second-order valence-electron chi connectivity index (χ2n) is 4.50. The molecular formula is C13H20Cl2N4. The van der Waals surface area contributed by atoms with E-state index in [9.17, 15) is 0 Å². The molecule has 6 heteroatoms. The number of imidazole rings is 1. The van der Waals surface area contributed by atoms with E-state index in [-0.39, 0.29) is 24.8 Å². The fourth-order valence-corrected chi connectivity index (χ4v) is 2.37. The predicted octanol–water partition coefficient (Wildman–Crippen LogP) is 2.55. The molecular weight excluding hydrogens is 283 g/mol. The van der Waals surface area contributed by atoms with Crippen LogP contribution in [0.4, 0.5) is 5.95 Å². The van der Waals surface area contributed by atoms with E-state index in [4.69, 9.17) is 0 Å². The molecule has 3 rings (SSSR count). The van der Waals surface area contributed by atoms with Gasteiger partial charge in [0.05, 0.1) is 11.0 Å². The molecule has 0 bridgehead atoms. The summed E-state index contributed by atoms with van der Waals surface area (Å²) in [6, 6.07) is 8.20. The van der Waals surface area contributed by atoms with Gasteiger partial charge in [0.15, 0.2) is 0 Å². The lowest BCUT2D eigenvalue weighted by Gasteiger charge is -2.33. The lowest BCUT2D eigenvalue weighted by Crippen LogP contribution is -2.46. The molecule has 2 heterocycles. The zero-order valence-corrected chi connectivity index (χ0v) is 12.6. The highest BCUT2D eigenvalue weighted by molar-refractivity contribution is 5.85. The van der Waals surface area contributed by atoms with E-state index in [0.717, 1.165) is 49.7 Å². The molecule has 0 atom stereocenters. The quantitative estimate of drug-likeness (QED) is 0.926. The topological polar surface area (TPSA) is 35.2 Å². The van der Waals surface area contributed by atoms with Crippen molar-refractivity contribution in [2.75, 3.05) is 37.6 Å². The van der Waals surface area contributed by atoms with Gasteiger partial charge in [0.1, 0.15) is 0 Å². The minimum Gasteiger partial charge on any atom is -0.340 e. The van der Waals surface area contributed by atoms with Crippen molar-refractivity contribution in [3.8, 4) is 0 Å². The molecule has 0 amide bonds. The molecule has 19 heavy (non-hydrogen) atoms. The summed E-state index contributed by atoms with van der Waals surface area (Å²) in [6.07, 6.45) is 0. The maximum atomic E-state index is 4.64. The molecule has 0 radical (unpaired) electrons. The van der Waals surface area contributed by atoms with Crippen molar-refractivity contribution < 1.29 is 0 Å². The molecule has 0 spiro atoms. The largest absolute Gasteiger partial charge is 0.340 e. The minimum atomic E-state index is 0. The van der Waals surface area contributed by atoms with E-state index in [1.807, 2.05) is 12.1 Å². The molecule has 1 aliphatic heterocycles. The summed E-state index contributed by atoms with van der Waals surface area (Å²) in [6.45, 7) is 7.76. The van der Waals surface area contributed by atoms with E-state index in [2.05, 4.69) is 38.8 Å². The average Bonchev–Trinajstić information content (AvgIpc) is 2.82. The highest BCUT2D eigenvalue weighted by Gasteiger charge is 2.18. The highest BCUT2D eigenvalue weighted by Crippen LogP contribution is 2.18. The Bertz CT molecular complexity index is 473. The molecule has 0 aliphatic carbocycles. The molecule has 1 N–H and O–H groups in total. The van der Waals surface area contributed by atoms with Crippen LogP contribution in [0, 0.1) is 0 Å². The number of halogens is 2. The Hall–Kier alpha value is -0.970. The van der Waals surface area contributed by atoms with Gasteiger partial charge in [0.2, 0.25) is 5.95 Å². The summed E-state index contributed by atoms with van der Waals surface area (Å²) in [5.41, 5.74) is 2.18. The Morgan fingerprint density at radius 1 is 1.11 bits per heavy atom. The van der Waals surface area contributed by atoms with E-state index in [0.29, 0.717) is 0 Å². The van der Waals surface area contributed by atoms with Crippen LogP contribution >= 0.6 is 24.8 Å². The van der Waals surface area contributed by atoms with Crippen LogP contribution in [0.3, 0.4) is 0 Å². The van der Waals surface area contributed by atoms with Crippen molar-refractivity contribution in [3.63, 3.8) is 0 Å². The maximum Gasteiger partial charge on any atom is 0.203 e. The molecule has 106 valence electrons. The number of aromatic amines is 1. The zero-order valence-electron chi connectivity index (χ0n) is 11.0. The number of aromatic nitrogens is 2. The molecule has 0 saturated carbocycles. The summed E-state index contributed by atoms with van der Waals surface area (Å²) in [5, 5.41) is 0. The van der Waals surface area contributed by atoms with Crippen LogP contribution < -0.4 is 4.90 Å². The second-order valence-corrected chi connectivity index (χ2v) is 4.50. The van der Waals surface area contributed by atoms with Crippen molar-refractivity contribution in [1.82, 2.24) is 14.9 Å². The van der Waals surface area contributed by atoms with Gasteiger partial charge in [0.25, 0.3) is 0 Å². The summed E-state index contributed by atoms with van der Waals surface area (Å²) in [5.74, 6) is 1.02. The van der Waals surface area contributed by atoms with E-state index in [1.54, 1.807) is 0 Å². The number of likely N-dealkylation sites (N-methyl/N-ethyl adjacent to an activating group) is 1. The van der Waals surface area contributed by atoms with Gasteiger partial charge in [-0.2, -0.15) is 0 Å². The lowest BCUT2D eigenvalue weighted by atomic mass is 10.3. The number of fused-ring (bicyclic) bond motifs is 1. The molecule has 1 fully saturated rings. The fraction of sp³-hybridized carbons (Fsp3) is 0.462. The molecule has 0 unspecified atom stereocenters. The molecule has 1 aromatic heterocycles. The first kappa shape index (κ1) is 16.1. The first-order chi connectivity index (χ1) is 8.36. The van der Waals surface area contributed by atoms with Crippen LogP contribution in [-0.4, -0.2) is 47.6 Å². The SMILES string of the molecule is CCN1CCN(c2nc3ccccc3[nH]2)CC1.Cl.Cl. The molecule has 1 saturated heterocycles. The molecule has 1 aromatic carbocycles. The van der Waals surface area contributed by atoms with Crippen molar-refractivity contribution in [3.05, 3.63) is 24.3 Å². The van der Waals surface area contributed by atoms with E-state index < -0.39 is 0 Å². The van der Waals surface area contributed by atoms with Crippen molar-refractivity contribution >= 4 is 41.8 Å². The third-order valence-corrected chi connectivity index (χ3v) is 3.50. The van der Waals surface area contributed by atoms with Crippen LogP contribution in [0.1, 0.15) is 6.92 Å². The van der Waals surface area contributed by atoms with Gasteiger partial charge in [-0.25, -0.2) is 4.98 Å². The summed E-state index contributed by atoms with van der Waals surface area (Å²) < 4.78 is 0. The average molecular weight is 303 g/mol. The first-order valence-corrected chi connectivity index (χ1v) is 6.29. The van der Waals surface area contributed by atoms with Gasteiger partial charge in [-0.05, 0) is 18.7 Å². The van der Waals surface area contributed by atoms with E-state index in [1.165, 1.54) is 0 Å². The summed E-state index contributed by atoms with van der Waals surface area (Å²) >= 11 is 0. The number of hydrogen-bond acceptors (Lipinski definition) is 3. The van der Waals surface area contributed by atoms with E-state index >= 15 is 0 Å². The van der Waals surface area contributed by atoms with Gasteiger partial charge in [-0.3, -0.25) is 0 Å². The summed E-state index contributed by atoms with van der Waals surface area (Å²) in [4.78, 5) is 12.8. The van der Waals surface area contributed by atoms with Crippen LogP contribution in [0.15, 0.2) is 24.3 Å². The van der Waals surface area contributed by atoms with Crippen LogP contribution in [0.2, 0.25) is 0 Å². The fourth-order valence-electron chi connectivity index (χ4n) is 2.37. The number of nitrogens with one attached hydrogen (secondary N) is 1. The van der Waals surface area contributed by atoms with Gasteiger partial charge >= 0.3 is 0 Å². The maximum absolute atomic E-state index is 4.64. The number of H-pyrrole nitrogens is 1. The third-order valence-electron chi connectivity index (χ3n) is 3.50. The number of hydrogen-bond donors (Lipinski definition) is 1. The minimum absolute atomic E-state index is 0. The predicted molar refractivity (Wildman–Crippen MR) is 84.9 cm³/mol. The Morgan fingerprint density at radius 3 is 2.42 bits per heavy atom. The number of anilines is 1. The molecule has 2 aromatic rings. The lowest BCUT2D eigenvalue weighted by molar-refractivity contribution is 0.270. The number of piperazine rings is 1. The molecule has 4 nitrogen and oxygen atoms in total. The van der Waals surface area contributed by atoms with Crippen molar-refractivity contribution in [2.24, 2.45) is 0 Å². The smallest absolute Gasteiger partial charge is 0.203 e. The Balaban J connectivity index is 0.000000902. The number of rotatable bonds is 2.